The van der Waals surface area contributed by atoms with E-state index in [1.165, 1.54) is 49.9 Å². The summed E-state index contributed by atoms with van der Waals surface area (Å²) in [6, 6.07) is 0.856. The second-order valence-electron chi connectivity index (χ2n) is 9.06. The third-order valence-corrected chi connectivity index (χ3v) is 7.68. The summed E-state index contributed by atoms with van der Waals surface area (Å²) in [7, 11) is 0. The van der Waals surface area contributed by atoms with Crippen molar-refractivity contribution < 1.29 is 4.79 Å². The molecule has 2 fully saturated rings. The van der Waals surface area contributed by atoms with Crippen LogP contribution in [0.3, 0.4) is 0 Å². The van der Waals surface area contributed by atoms with Crippen LogP contribution in [0.4, 0.5) is 22.8 Å². The van der Waals surface area contributed by atoms with Crippen molar-refractivity contribution in [2.45, 2.75) is 77.3 Å². The molecule has 1 saturated heterocycles. The highest BCUT2D eigenvalue weighted by Crippen LogP contribution is 2.30. The van der Waals surface area contributed by atoms with Crippen LogP contribution >= 0.6 is 11.3 Å². The standard InChI is InChI=1S/C23H36N8OS/c1-3-31-12-8-11-17(31)13-25-21-28-22(26-16-9-6-4-5-7-10-16)30-23(29-21)27-20-18(19(24)32)15(2)14-33-20/h14,16-17H,3-13H2,1-2H3,(H2,24,32)(H3,25,26,27,28,29,30). The van der Waals surface area contributed by atoms with Gasteiger partial charge in [0.25, 0.3) is 5.91 Å². The first-order valence-electron chi connectivity index (χ1n) is 12.2. The minimum Gasteiger partial charge on any atom is -0.365 e. The summed E-state index contributed by atoms with van der Waals surface area (Å²) in [6.07, 6.45) is 9.69. The molecule has 0 spiro atoms. The summed E-state index contributed by atoms with van der Waals surface area (Å²) in [5.41, 5.74) is 6.93. The summed E-state index contributed by atoms with van der Waals surface area (Å²) < 4.78 is 0. The molecule has 1 saturated carbocycles. The zero-order valence-corrected chi connectivity index (χ0v) is 20.5. The lowest BCUT2D eigenvalue weighted by atomic mass is 10.1. The van der Waals surface area contributed by atoms with Crippen LogP contribution < -0.4 is 21.7 Å². The number of nitrogens with two attached hydrogens (primary N) is 1. The van der Waals surface area contributed by atoms with Gasteiger partial charge in [-0.25, -0.2) is 0 Å². The molecule has 1 amide bonds. The number of likely N-dealkylation sites (N-methyl/N-ethyl adjacent to an activating group) is 1. The molecular formula is C23H36N8OS. The van der Waals surface area contributed by atoms with Crippen molar-refractivity contribution in [3.05, 3.63) is 16.5 Å². The van der Waals surface area contributed by atoms with Crippen LogP contribution in [-0.4, -0.2) is 57.5 Å². The Balaban J connectivity index is 1.55. The number of primary amides is 1. The predicted octanol–water partition coefficient (Wildman–Crippen LogP) is 4.11. The van der Waals surface area contributed by atoms with Crippen molar-refractivity contribution in [2.24, 2.45) is 5.73 Å². The molecule has 0 bridgehead atoms. The Hall–Kier alpha value is -2.46. The van der Waals surface area contributed by atoms with Crippen molar-refractivity contribution in [1.29, 1.82) is 0 Å². The molecule has 5 N–H and O–H groups in total. The molecule has 33 heavy (non-hydrogen) atoms. The topological polar surface area (TPSA) is 121 Å². The minimum atomic E-state index is -0.457. The minimum absolute atomic E-state index is 0.367. The van der Waals surface area contributed by atoms with E-state index in [4.69, 9.17) is 5.73 Å². The Morgan fingerprint density at radius 2 is 1.82 bits per heavy atom. The molecule has 1 aliphatic heterocycles. The number of aromatic nitrogens is 3. The molecule has 1 aliphatic carbocycles. The molecule has 2 aromatic rings. The molecule has 1 atom stereocenters. The zero-order chi connectivity index (χ0) is 23.2. The van der Waals surface area contributed by atoms with Crippen molar-refractivity contribution in [3.8, 4) is 0 Å². The fourth-order valence-electron chi connectivity index (χ4n) is 4.88. The molecule has 10 heteroatoms. The Kier molecular flexibility index (Phi) is 7.97. The maximum absolute atomic E-state index is 11.9. The molecule has 9 nitrogen and oxygen atoms in total. The van der Waals surface area contributed by atoms with Gasteiger partial charge in [-0.1, -0.05) is 32.6 Å². The van der Waals surface area contributed by atoms with Crippen molar-refractivity contribution in [1.82, 2.24) is 19.9 Å². The maximum Gasteiger partial charge on any atom is 0.251 e. The third kappa shape index (κ3) is 6.11. The highest BCUT2D eigenvalue weighted by molar-refractivity contribution is 7.14. The summed E-state index contributed by atoms with van der Waals surface area (Å²) in [5.74, 6) is 1.06. The zero-order valence-electron chi connectivity index (χ0n) is 19.7. The van der Waals surface area contributed by atoms with Crippen molar-refractivity contribution >= 4 is 40.1 Å². The maximum atomic E-state index is 11.9. The Morgan fingerprint density at radius 3 is 2.55 bits per heavy atom. The smallest absolute Gasteiger partial charge is 0.251 e. The van der Waals surface area contributed by atoms with Gasteiger partial charge in [0.1, 0.15) is 5.00 Å². The first-order chi connectivity index (χ1) is 16.0. The number of hydrogen-bond acceptors (Lipinski definition) is 9. The number of aryl methyl sites for hydroxylation is 1. The number of rotatable bonds is 9. The van der Waals surface area contributed by atoms with E-state index in [1.807, 2.05) is 12.3 Å². The van der Waals surface area contributed by atoms with Gasteiger partial charge in [-0.2, -0.15) is 15.0 Å². The molecule has 2 aliphatic rings. The first kappa shape index (κ1) is 23.7. The van der Waals surface area contributed by atoms with Gasteiger partial charge in [0.2, 0.25) is 17.8 Å². The number of nitrogens with one attached hydrogen (secondary N) is 3. The summed E-state index contributed by atoms with van der Waals surface area (Å²) in [4.78, 5) is 28.4. The molecule has 3 heterocycles. The number of anilines is 4. The normalized spacial score (nSPS) is 19.9. The number of thiophene rings is 1. The van der Waals surface area contributed by atoms with Crippen LogP contribution in [-0.2, 0) is 0 Å². The second-order valence-corrected chi connectivity index (χ2v) is 9.94. The van der Waals surface area contributed by atoms with Crippen molar-refractivity contribution in [2.75, 3.05) is 35.6 Å². The van der Waals surface area contributed by atoms with Gasteiger partial charge in [0, 0.05) is 18.6 Å². The largest absolute Gasteiger partial charge is 0.365 e. The summed E-state index contributed by atoms with van der Waals surface area (Å²) in [6.45, 7) is 7.08. The lowest BCUT2D eigenvalue weighted by Gasteiger charge is -2.23. The first-order valence-corrected chi connectivity index (χ1v) is 13.1. The summed E-state index contributed by atoms with van der Waals surface area (Å²) >= 11 is 1.43. The Morgan fingerprint density at radius 1 is 1.09 bits per heavy atom. The quantitative estimate of drug-likeness (QED) is 0.402. The van der Waals surface area contributed by atoms with E-state index in [2.05, 4.69) is 42.7 Å². The third-order valence-electron chi connectivity index (χ3n) is 6.67. The van der Waals surface area contributed by atoms with Crippen LogP contribution in [0.2, 0.25) is 0 Å². The number of amides is 1. The molecular weight excluding hydrogens is 436 g/mol. The number of hydrogen-bond donors (Lipinski definition) is 4. The Labute approximate surface area is 200 Å². The van der Waals surface area contributed by atoms with Gasteiger partial charge in [0.15, 0.2) is 0 Å². The number of carbonyl (C=O) groups is 1. The summed E-state index contributed by atoms with van der Waals surface area (Å²) in [5, 5.41) is 12.8. The second kappa shape index (κ2) is 11.1. The van der Waals surface area contributed by atoms with Crippen molar-refractivity contribution in [3.63, 3.8) is 0 Å². The monoisotopic (exact) mass is 472 g/mol. The van der Waals surface area contributed by atoms with Crippen LogP contribution in [0.25, 0.3) is 0 Å². The van der Waals surface area contributed by atoms with Crippen LogP contribution in [0, 0.1) is 6.92 Å². The lowest BCUT2D eigenvalue weighted by Crippen LogP contribution is -2.35. The van der Waals surface area contributed by atoms with Crippen LogP contribution in [0.15, 0.2) is 5.38 Å². The van der Waals surface area contributed by atoms with Crippen LogP contribution in [0.5, 0.6) is 0 Å². The molecule has 0 radical (unpaired) electrons. The van der Waals surface area contributed by atoms with E-state index in [9.17, 15) is 4.79 Å². The molecule has 180 valence electrons. The highest BCUT2D eigenvalue weighted by Gasteiger charge is 2.23. The van der Waals surface area contributed by atoms with Gasteiger partial charge < -0.3 is 21.7 Å². The van der Waals surface area contributed by atoms with E-state index < -0.39 is 5.91 Å². The molecule has 1 unspecified atom stereocenters. The van der Waals surface area contributed by atoms with Gasteiger partial charge in [-0.05, 0) is 56.6 Å². The SMILES string of the molecule is CCN1CCCC1CNc1nc(Nc2scc(C)c2C(N)=O)nc(NC2CCCCCC2)n1. The Bertz CT molecular complexity index is 941. The molecule has 2 aromatic heterocycles. The van der Waals surface area contributed by atoms with Gasteiger partial charge in [-0.15, -0.1) is 11.3 Å². The fourth-order valence-corrected chi connectivity index (χ4v) is 5.82. The molecule has 4 rings (SSSR count). The average molecular weight is 473 g/mol. The van der Waals surface area contributed by atoms with E-state index in [0.29, 0.717) is 40.5 Å². The van der Waals surface area contributed by atoms with E-state index in [0.717, 1.165) is 38.0 Å². The van der Waals surface area contributed by atoms with E-state index in [1.54, 1.807) is 0 Å². The number of likely N-dealkylation sites (tertiary alicyclic amines) is 1. The fraction of sp³-hybridized carbons (Fsp3) is 0.652. The lowest BCUT2D eigenvalue weighted by molar-refractivity contribution is 0.100. The number of nitrogens with zero attached hydrogens (tertiary/aromatic N) is 4. The highest BCUT2D eigenvalue weighted by atomic mass is 32.1. The van der Waals surface area contributed by atoms with Gasteiger partial charge >= 0.3 is 0 Å². The van der Waals surface area contributed by atoms with E-state index >= 15 is 0 Å². The van der Waals surface area contributed by atoms with E-state index in [-0.39, 0.29) is 0 Å². The molecule has 0 aromatic carbocycles. The van der Waals surface area contributed by atoms with Crippen LogP contribution in [0.1, 0.15) is 74.2 Å². The van der Waals surface area contributed by atoms with Gasteiger partial charge in [0.05, 0.1) is 5.56 Å². The predicted molar refractivity (Wildman–Crippen MR) is 135 cm³/mol. The average Bonchev–Trinajstić information content (AvgIpc) is 3.31. The number of carbonyl (C=O) groups excluding carboxylic acids is 1. The van der Waals surface area contributed by atoms with Gasteiger partial charge in [-0.3, -0.25) is 9.69 Å².